The molecule has 0 N–H and O–H groups in total. The van der Waals surface area contributed by atoms with Gasteiger partial charge in [0.05, 0.1) is 0 Å². The minimum absolute atomic E-state index is 0.465. The van der Waals surface area contributed by atoms with Gasteiger partial charge in [-0.3, -0.25) is 4.79 Å². The quantitative estimate of drug-likeness (QED) is 0.581. The van der Waals surface area contributed by atoms with Crippen LogP contribution >= 0.6 is 0 Å². The lowest BCUT2D eigenvalue weighted by atomic mass is 9.45. The number of carbonyl (C=O) groups is 1. The van der Waals surface area contributed by atoms with Crippen LogP contribution in [0.25, 0.3) is 0 Å². The molecule has 122 valence electrons. The molecule has 4 rings (SSSR count). The molecule has 0 aromatic carbocycles. The summed E-state index contributed by atoms with van der Waals surface area (Å²) in [6.07, 6.45) is 13.6. The van der Waals surface area contributed by atoms with E-state index < -0.39 is 0 Å². The van der Waals surface area contributed by atoms with E-state index in [-0.39, 0.29) is 0 Å². The summed E-state index contributed by atoms with van der Waals surface area (Å²) in [5.74, 6) is 3.95. The van der Waals surface area contributed by atoms with Crippen molar-refractivity contribution in [2.45, 2.75) is 78.6 Å². The lowest BCUT2D eigenvalue weighted by Crippen LogP contribution is -2.53. The highest BCUT2D eigenvalue weighted by atomic mass is 16.1. The maximum absolute atomic E-state index is 11.9. The Kier molecular flexibility index (Phi) is 3.37. The Morgan fingerprint density at radius 3 is 2.73 bits per heavy atom. The molecule has 1 heteroatoms. The Balaban J connectivity index is 1.63. The van der Waals surface area contributed by atoms with Gasteiger partial charge in [0, 0.05) is 12.8 Å². The summed E-state index contributed by atoms with van der Waals surface area (Å²) in [5.41, 5.74) is 2.72. The minimum Gasteiger partial charge on any atom is -0.300 e. The van der Waals surface area contributed by atoms with Crippen molar-refractivity contribution in [3.05, 3.63) is 11.6 Å². The summed E-state index contributed by atoms with van der Waals surface area (Å²) in [7, 11) is 0. The van der Waals surface area contributed by atoms with Crippen LogP contribution < -0.4 is 0 Å². The fraction of sp³-hybridized carbons (Fsp3) is 0.857. The molecule has 0 saturated heterocycles. The number of ketones is 1. The van der Waals surface area contributed by atoms with Crippen LogP contribution in [0.3, 0.4) is 0 Å². The predicted octanol–water partition coefficient (Wildman–Crippen LogP) is 5.54. The van der Waals surface area contributed by atoms with Crippen molar-refractivity contribution in [2.75, 3.05) is 0 Å². The molecular weight excluding hydrogens is 268 g/mol. The third-order valence-electron chi connectivity index (χ3n) is 8.60. The second-order valence-corrected chi connectivity index (χ2v) is 9.17. The normalized spacial score (nSPS) is 50.9. The Labute approximate surface area is 135 Å². The first-order chi connectivity index (χ1) is 10.5. The zero-order valence-corrected chi connectivity index (χ0v) is 14.7. The maximum Gasteiger partial charge on any atom is 0.133 e. The number of rotatable bonds is 1. The molecule has 6 atom stereocenters. The molecule has 0 aromatic heterocycles. The second kappa shape index (κ2) is 4.95. The zero-order chi connectivity index (χ0) is 15.5. The van der Waals surface area contributed by atoms with Gasteiger partial charge in [0.1, 0.15) is 5.78 Å². The largest absolute Gasteiger partial charge is 0.300 e. The van der Waals surface area contributed by atoms with Crippen molar-refractivity contribution < 1.29 is 4.79 Å². The molecule has 1 nitrogen and oxygen atoms in total. The van der Waals surface area contributed by atoms with Crippen molar-refractivity contribution in [1.82, 2.24) is 0 Å². The first-order valence-electron chi connectivity index (χ1n) is 9.70. The monoisotopic (exact) mass is 300 g/mol. The molecule has 0 aromatic rings. The van der Waals surface area contributed by atoms with Gasteiger partial charge in [-0.25, -0.2) is 0 Å². The molecule has 3 fully saturated rings. The Morgan fingerprint density at radius 1 is 1.14 bits per heavy atom. The van der Waals surface area contributed by atoms with Crippen LogP contribution in [0.2, 0.25) is 0 Å². The van der Waals surface area contributed by atoms with Crippen molar-refractivity contribution in [3.63, 3.8) is 0 Å². The van der Waals surface area contributed by atoms with Crippen LogP contribution in [0, 0.1) is 34.5 Å². The Hall–Kier alpha value is -0.590. The van der Waals surface area contributed by atoms with E-state index in [2.05, 4.69) is 26.8 Å². The molecule has 4 aliphatic rings. The molecule has 0 heterocycles. The molecule has 0 bridgehead atoms. The van der Waals surface area contributed by atoms with Gasteiger partial charge < -0.3 is 0 Å². The van der Waals surface area contributed by atoms with Crippen LogP contribution in [0.4, 0.5) is 0 Å². The van der Waals surface area contributed by atoms with Crippen LogP contribution in [-0.2, 0) is 4.79 Å². The smallest absolute Gasteiger partial charge is 0.133 e. The summed E-state index contributed by atoms with van der Waals surface area (Å²) in [6.45, 7) is 7.46. The molecule has 6 unspecified atom stereocenters. The average Bonchev–Trinajstić information content (AvgIpc) is 2.84. The van der Waals surface area contributed by atoms with Gasteiger partial charge in [-0.05, 0) is 79.4 Å². The van der Waals surface area contributed by atoms with E-state index >= 15 is 0 Å². The molecule has 3 saturated carbocycles. The van der Waals surface area contributed by atoms with Crippen molar-refractivity contribution in [3.8, 4) is 0 Å². The van der Waals surface area contributed by atoms with E-state index in [9.17, 15) is 4.79 Å². The van der Waals surface area contributed by atoms with Crippen molar-refractivity contribution in [1.29, 1.82) is 0 Å². The number of Topliss-reactive ketones (excluding diaryl/α,β-unsaturated/α-hetero) is 1. The highest BCUT2D eigenvalue weighted by Gasteiger charge is 2.58. The van der Waals surface area contributed by atoms with Crippen LogP contribution in [0.1, 0.15) is 78.6 Å². The molecule has 0 radical (unpaired) electrons. The molecule has 0 spiro atoms. The third-order valence-corrected chi connectivity index (χ3v) is 8.60. The van der Waals surface area contributed by atoms with Gasteiger partial charge >= 0.3 is 0 Å². The summed E-state index contributed by atoms with van der Waals surface area (Å²) in [5, 5.41) is 0. The van der Waals surface area contributed by atoms with Gasteiger partial charge in [-0.2, -0.15) is 0 Å². The minimum atomic E-state index is 0.465. The van der Waals surface area contributed by atoms with E-state index in [1.54, 1.807) is 5.57 Å². The lowest BCUT2D eigenvalue weighted by Gasteiger charge is -2.60. The Bertz CT molecular complexity index is 518. The van der Waals surface area contributed by atoms with Crippen LogP contribution in [0.15, 0.2) is 11.6 Å². The topological polar surface area (TPSA) is 17.1 Å². The van der Waals surface area contributed by atoms with Crippen LogP contribution in [0.5, 0.6) is 0 Å². The fourth-order valence-corrected chi connectivity index (χ4v) is 7.25. The number of allylic oxidation sites excluding steroid dienone is 2. The van der Waals surface area contributed by atoms with Crippen molar-refractivity contribution in [2.24, 2.45) is 34.5 Å². The Morgan fingerprint density at radius 2 is 1.95 bits per heavy atom. The van der Waals surface area contributed by atoms with E-state index in [1.807, 2.05) is 0 Å². The van der Waals surface area contributed by atoms with Gasteiger partial charge in [0.2, 0.25) is 0 Å². The second-order valence-electron chi connectivity index (χ2n) is 9.17. The molecule has 22 heavy (non-hydrogen) atoms. The average molecular weight is 300 g/mol. The summed E-state index contributed by atoms with van der Waals surface area (Å²) >= 11 is 0. The van der Waals surface area contributed by atoms with E-state index in [0.29, 0.717) is 22.5 Å². The molecule has 0 amide bonds. The van der Waals surface area contributed by atoms with E-state index in [0.717, 1.165) is 30.6 Å². The first kappa shape index (κ1) is 15.0. The first-order valence-corrected chi connectivity index (χ1v) is 9.70. The molecule has 4 aliphatic carbocycles. The van der Waals surface area contributed by atoms with Gasteiger partial charge in [0.15, 0.2) is 0 Å². The summed E-state index contributed by atoms with van der Waals surface area (Å²) < 4.78 is 0. The third kappa shape index (κ3) is 1.86. The van der Waals surface area contributed by atoms with Gasteiger partial charge in [0.25, 0.3) is 0 Å². The summed E-state index contributed by atoms with van der Waals surface area (Å²) in [6, 6.07) is 0. The number of hydrogen-bond acceptors (Lipinski definition) is 1. The highest BCUT2D eigenvalue weighted by molar-refractivity contribution is 5.79. The van der Waals surface area contributed by atoms with E-state index in [4.69, 9.17) is 0 Å². The summed E-state index contributed by atoms with van der Waals surface area (Å²) in [4.78, 5) is 11.9. The maximum atomic E-state index is 11.9. The standard InChI is InChI=1S/C21H32O/c1-4-14-6-8-18-17-7-5-15-13-16(22)9-11-21(15,3)19(17)10-12-20(14,18)2/h6,15,17-19H,4-5,7-13H2,1-3H3. The van der Waals surface area contributed by atoms with Crippen molar-refractivity contribution >= 4 is 5.78 Å². The lowest BCUT2D eigenvalue weighted by molar-refractivity contribution is -0.137. The highest BCUT2D eigenvalue weighted by Crippen LogP contribution is 2.66. The SMILES string of the molecule is CCC1=CCC2C3CCC4CC(=O)CCC4(C)C3CCC12C. The zero-order valence-electron chi connectivity index (χ0n) is 14.7. The number of carbonyl (C=O) groups excluding carboxylic acids is 1. The molecular formula is C21H32O. The predicted molar refractivity (Wildman–Crippen MR) is 90.5 cm³/mol. The number of fused-ring (bicyclic) bond motifs is 5. The molecule has 0 aliphatic heterocycles. The van der Waals surface area contributed by atoms with Gasteiger partial charge in [-0.15, -0.1) is 0 Å². The van der Waals surface area contributed by atoms with Crippen LogP contribution in [-0.4, -0.2) is 5.78 Å². The van der Waals surface area contributed by atoms with E-state index in [1.165, 1.54) is 44.9 Å². The fourth-order valence-electron chi connectivity index (χ4n) is 7.25. The number of hydrogen-bond donors (Lipinski definition) is 0. The van der Waals surface area contributed by atoms with Gasteiger partial charge in [-0.1, -0.05) is 32.4 Å².